The van der Waals surface area contributed by atoms with Gasteiger partial charge >= 0.3 is 20.8 Å². The maximum Gasteiger partial charge on any atom is 0.446 e. The Bertz CT molecular complexity index is 1160. The Morgan fingerprint density at radius 3 is 1.93 bits per heavy atom. The van der Waals surface area contributed by atoms with Crippen LogP contribution in [0.15, 0.2) is 36.4 Å². The quantitative estimate of drug-likeness (QED) is 0.676. The van der Waals surface area contributed by atoms with E-state index in [-0.39, 0.29) is 23.3 Å². The summed E-state index contributed by atoms with van der Waals surface area (Å²) in [6, 6.07) is 9.44. The zero-order valence-corrected chi connectivity index (χ0v) is 17.3. The molecule has 0 aliphatic heterocycles. The van der Waals surface area contributed by atoms with Crippen LogP contribution in [0.2, 0.25) is 0 Å². The zero-order valence-electron chi connectivity index (χ0n) is 15.6. The minimum absolute atomic E-state index is 0.00504. The van der Waals surface area contributed by atoms with Gasteiger partial charge in [-0.1, -0.05) is 38.1 Å². The highest BCUT2D eigenvalue weighted by molar-refractivity contribution is 7.81. The Morgan fingerprint density at radius 2 is 1.38 bits per heavy atom. The maximum absolute atomic E-state index is 11.1. The van der Waals surface area contributed by atoms with Crippen molar-refractivity contribution in [2.75, 3.05) is 0 Å². The van der Waals surface area contributed by atoms with Gasteiger partial charge in [-0.05, 0) is 64.8 Å². The second-order valence-electron chi connectivity index (χ2n) is 7.06. The summed E-state index contributed by atoms with van der Waals surface area (Å²) in [5.41, 5.74) is 3.36. The molecule has 3 rings (SSSR count). The molecule has 2 aromatic carbocycles. The summed E-state index contributed by atoms with van der Waals surface area (Å²) in [4.78, 5) is 0. The molecule has 156 valence electrons. The summed E-state index contributed by atoms with van der Waals surface area (Å²) in [7, 11) is -9.28. The molecule has 0 fully saturated rings. The lowest BCUT2D eigenvalue weighted by molar-refractivity contribution is 0.383. The SMILES string of the molecule is CC(C)C1Cc2cc(OS(=O)(=O)O)ccc2/C=C\c2ccc(OS(=O)(=O)O)cc21. The van der Waals surface area contributed by atoms with Crippen LogP contribution in [-0.4, -0.2) is 25.9 Å². The van der Waals surface area contributed by atoms with E-state index in [0.29, 0.717) is 6.42 Å². The van der Waals surface area contributed by atoms with Crippen molar-refractivity contribution < 1.29 is 34.3 Å². The van der Waals surface area contributed by atoms with E-state index in [4.69, 9.17) is 9.11 Å². The maximum atomic E-state index is 11.1. The van der Waals surface area contributed by atoms with E-state index in [9.17, 15) is 16.8 Å². The van der Waals surface area contributed by atoms with E-state index in [0.717, 1.165) is 22.3 Å². The van der Waals surface area contributed by atoms with Crippen LogP contribution in [0.3, 0.4) is 0 Å². The van der Waals surface area contributed by atoms with E-state index in [1.807, 2.05) is 26.0 Å². The fraction of sp³-hybridized carbons (Fsp3) is 0.263. The van der Waals surface area contributed by atoms with Crippen molar-refractivity contribution in [2.45, 2.75) is 26.2 Å². The molecular weight excluding hydrogens is 420 g/mol. The van der Waals surface area contributed by atoms with Crippen LogP contribution in [0.4, 0.5) is 0 Å². The van der Waals surface area contributed by atoms with Gasteiger partial charge in [0.15, 0.2) is 0 Å². The first-order valence-corrected chi connectivity index (χ1v) is 11.4. The van der Waals surface area contributed by atoms with Gasteiger partial charge in [0.25, 0.3) is 0 Å². The third-order valence-corrected chi connectivity index (χ3v) is 5.47. The van der Waals surface area contributed by atoms with Crippen LogP contribution < -0.4 is 8.37 Å². The smallest absolute Gasteiger partial charge is 0.362 e. The predicted molar refractivity (Wildman–Crippen MR) is 107 cm³/mol. The number of fused-ring (bicyclic) bond motifs is 2. The molecule has 1 unspecified atom stereocenters. The van der Waals surface area contributed by atoms with E-state index in [1.54, 1.807) is 24.3 Å². The molecule has 0 radical (unpaired) electrons. The van der Waals surface area contributed by atoms with Gasteiger partial charge in [0.2, 0.25) is 0 Å². The van der Waals surface area contributed by atoms with Crippen molar-refractivity contribution in [3.8, 4) is 11.5 Å². The van der Waals surface area contributed by atoms with Crippen molar-refractivity contribution in [3.05, 3.63) is 58.7 Å². The highest BCUT2D eigenvalue weighted by Crippen LogP contribution is 2.38. The second kappa shape index (κ2) is 7.79. The molecular formula is C19H20O8S2. The van der Waals surface area contributed by atoms with Gasteiger partial charge in [0, 0.05) is 0 Å². The summed E-state index contributed by atoms with van der Waals surface area (Å²) in [5, 5.41) is 0. The van der Waals surface area contributed by atoms with E-state index >= 15 is 0 Å². The minimum atomic E-state index is -4.64. The van der Waals surface area contributed by atoms with Crippen LogP contribution in [0, 0.1) is 5.92 Å². The van der Waals surface area contributed by atoms with Gasteiger partial charge in [0.05, 0.1) is 0 Å². The molecule has 0 bridgehead atoms. The first-order valence-electron chi connectivity index (χ1n) is 8.70. The molecule has 0 spiro atoms. The van der Waals surface area contributed by atoms with Crippen LogP contribution >= 0.6 is 0 Å². The molecule has 1 aliphatic rings. The monoisotopic (exact) mass is 440 g/mol. The van der Waals surface area contributed by atoms with Gasteiger partial charge in [-0.3, -0.25) is 9.11 Å². The lowest BCUT2D eigenvalue weighted by Gasteiger charge is -2.26. The van der Waals surface area contributed by atoms with Crippen LogP contribution in [0.5, 0.6) is 11.5 Å². The topological polar surface area (TPSA) is 127 Å². The second-order valence-corrected chi connectivity index (χ2v) is 9.11. The average molecular weight is 440 g/mol. The van der Waals surface area contributed by atoms with Gasteiger partial charge in [-0.2, -0.15) is 16.8 Å². The van der Waals surface area contributed by atoms with E-state index < -0.39 is 20.8 Å². The summed E-state index contributed by atoms with van der Waals surface area (Å²) in [6.07, 6.45) is 4.22. The third-order valence-electron chi connectivity index (χ3n) is 4.66. The Morgan fingerprint density at radius 1 is 0.862 bits per heavy atom. The third kappa shape index (κ3) is 5.57. The number of hydrogen-bond donors (Lipinski definition) is 2. The molecule has 1 atom stereocenters. The summed E-state index contributed by atoms with van der Waals surface area (Å²) in [6.45, 7) is 4.02. The molecule has 1 aliphatic carbocycles. The highest BCUT2D eigenvalue weighted by Gasteiger charge is 2.23. The highest BCUT2D eigenvalue weighted by atomic mass is 32.3. The molecule has 0 saturated carbocycles. The minimum Gasteiger partial charge on any atom is -0.362 e. The van der Waals surface area contributed by atoms with Crippen molar-refractivity contribution in [2.24, 2.45) is 5.92 Å². The molecule has 10 heteroatoms. The summed E-state index contributed by atoms with van der Waals surface area (Å²) >= 11 is 0. The first-order chi connectivity index (χ1) is 13.4. The van der Waals surface area contributed by atoms with Crippen molar-refractivity contribution in [1.29, 1.82) is 0 Å². The van der Waals surface area contributed by atoms with Crippen molar-refractivity contribution in [3.63, 3.8) is 0 Å². The van der Waals surface area contributed by atoms with Crippen molar-refractivity contribution in [1.82, 2.24) is 0 Å². The molecule has 0 aromatic heterocycles. The lowest BCUT2D eigenvalue weighted by atomic mass is 9.79. The molecule has 0 amide bonds. The average Bonchev–Trinajstić information content (AvgIpc) is 2.54. The van der Waals surface area contributed by atoms with Crippen molar-refractivity contribution >= 4 is 33.0 Å². The molecule has 0 heterocycles. The molecule has 29 heavy (non-hydrogen) atoms. The van der Waals surface area contributed by atoms with Crippen LogP contribution in [-0.2, 0) is 27.2 Å². The Balaban J connectivity index is 2.08. The van der Waals surface area contributed by atoms with Gasteiger partial charge in [-0.15, -0.1) is 0 Å². The first kappa shape index (κ1) is 21.3. The zero-order chi connectivity index (χ0) is 21.4. The number of hydrogen-bond acceptors (Lipinski definition) is 6. The largest absolute Gasteiger partial charge is 0.446 e. The van der Waals surface area contributed by atoms with Gasteiger partial charge in [-0.25, -0.2) is 0 Å². The van der Waals surface area contributed by atoms with Crippen LogP contribution in [0.25, 0.3) is 12.2 Å². The van der Waals surface area contributed by atoms with E-state index in [1.165, 1.54) is 12.1 Å². The molecule has 0 saturated heterocycles. The molecule has 2 aromatic rings. The Kier molecular flexibility index (Phi) is 5.72. The molecule has 2 N–H and O–H groups in total. The summed E-state index contributed by atoms with van der Waals surface area (Å²) < 4.78 is 71.2. The normalized spacial score (nSPS) is 17.6. The number of benzene rings is 2. The Hall–Kier alpha value is -2.40. The fourth-order valence-corrected chi connectivity index (χ4v) is 4.11. The Labute approximate surface area is 169 Å². The van der Waals surface area contributed by atoms with Crippen LogP contribution in [0.1, 0.15) is 42.0 Å². The number of rotatable bonds is 5. The summed E-state index contributed by atoms with van der Waals surface area (Å²) in [5.74, 6) is 0.0563. The predicted octanol–water partition coefficient (Wildman–Crippen LogP) is 3.52. The van der Waals surface area contributed by atoms with Gasteiger partial charge < -0.3 is 8.37 Å². The van der Waals surface area contributed by atoms with Gasteiger partial charge in [0.1, 0.15) is 11.5 Å². The van der Waals surface area contributed by atoms with E-state index in [2.05, 4.69) is 8.37 Å². The lowest BCUT2D eigenvalue weighted by Crippen LogP contribution is -2.15. The molecule has 8 nitrogen and oxygen atoms in total. The fourth-order valence-electron chi connectivity index (χ4n) is 3.42. The standard InChI is InChI=1S/C19H20O8S2/c1-12(2)18-10-15-9-16(26-28(20,21)22)7-5-13(15)3-4-14-6-8-17(11-19(14)18)27-29(23,24)25/h3-9,11-12,18H,10H2,1-2H3,(H,20,21,22)(H,23,24,25)/b4-3-.